The number of rotatable bonds is 11. The number of hydrogen-bond donors (Lipinski definition) is 0. The van der Waals surface area contributed by atoms with Crippen molar-refractivity contribution in [3.63, 3.8) is 0 Å². The van der Waals surface area contributed by atoms with Crippen LogP contribution in [0.2, 0.25) is 0 Å². The second-order valence-corrected chi connectivity index (χ2v) is 12.9. The van der Waals surface area contributed by atoms with Crippen molar-refractivity contribution in [3.05, 3.63) is 125 Å². The standard InChI is InChI=1S/C38H43N7O4/c1-4-29(3)45-37(46)44(27-41-45)34-11-9-32(10-12-34)42-19-21-43(22-20-42)33-13-15-35(16-14-33)47-25-36-26-48-38(49-36,23-30-17-18-39-40-24-30)31-7-5-28(2)6-8-31/h5-18,24,27,29,36H,4,19-23,25-26H2,1-3H3/t29?,36-,38-/m1/s1. The van der Waals surface area contributed by atoms with Crippen molar-refractivity contribution in [1.82, 2.24) is 24.5 Å². The van der Waals surface area contributed by atoms with Gasteiger partial charge in [-0.1, -0.05) is 36.8 Å². The van der Waals surface area contributed by atoms with E-state index < -0.39 is 5.79 Å². The summed E-state index contributed by atoms with van der Waals surface area (Å²) >= 11 is 0. The number of piperazine rings is 1. The molecule has 0 bridgehead atoms. The molecule has 7 rings (SSSR count). The Morgan fingerprint density at radius 2 is 1.53 bits per heavy atom. The van der Waals surface area contributed by atoms with E-state index in [9.17, 15) is 4.79 Å². The number of aromatic nitrogens is 5. The molecule has 11 nitrogen and oxygen atoms in total. The number of nitrogens with zero attached hydrogens (tertiary/aromatic N) is 7. The zero-order valence-corrected chi connectivity index (χ0v) is 28.3. The van der Waals surface area contributed by atoms with Gasteiger partial charge in [0.1, 0.15) is 24.8 Å². The first-order chi connectivity index (χ1) is 23.9. The molecule has 4 heterocycles. The molecule has 2 saturated heterocycles. The summed E-state index contributed by atoms with van der Waals surface area (Å²) in [7, 11) is 0. The third-order valence-electron chi connectivity index (χ3n) is 9.55. The van der Waals surface area contributed by atoms with Crippen molar-refractivity contribution in [2.75, 3.05) is 49.2 Å². The Hall–Kier alpha value is -5.00. The largest absolute Gasteiger partial charge is 0.491 e. The van der Waals surface area contributed by atoms with Gasteiger partial charge in [-0.15, -0.1) is 0 Å². The molecule has 0 amide bonds. The van der Waals surface area contributed by atoms with Crippen LogP contribution in [0.25, 0.3) is 5.69 Å². The molecule has 0 spiro atoms. The summed E-state index contributed by atoms with van der Waals surface area (Å²) in [4.78, 5) is 17.6. The molecule has 3 aromatic carbocycles. The van der Waals surface area contributed by atoms with Gasteiger partial charge in [-0.05, 0) is 80.4 Å². The van der Waals surface area contributed by atoms with Crippen LogP contribution >= 0.6 is 0 Å². The summed E-state index contributed by atoms with van der Waals surface area (Å²) in [5.41, 5.74) is 6.18. The van der Waals surface area contributed by atoms with Crippen LogP contribution in [-0.4, -0.2) is 70.0 Å². The SMILES string of the molecule is CCC(C)n1ncn(-c2ccc(N3CCN(c4ccc(OC[C@@H]5CO[C@@](Cc6ccnnc6)(c6ccc(C)cc6)O5)cc4)CC3)cc2)c1=O. The average molecular weight is 662 g/mol. The zero-order chi connectivity index (χ0) is 33.8. The normalized spacial score (nSPS) is 20.0. The highest BCUT2D eigenvalue weighted by molar-refractivity contribution is 5.54. The molecular formula is C38H43N7O4. The third kappa shape index (κ3) is 7.09. The molecule has 5 aromatic rings. The fourth-order valence-electron chi connectivity index (χ4n) is 6.45. The van der Waals surface area contributed by atoms with Crippen LogP contribution in [0.3, 0.4) is 0 Å². The van der Waals surface area contributed by atoms with Gasteiger partial charge in [-0.3, -0.25) is 0 Å². The van der Waals surface area contributed by atoms with Crippen molar-refractivity contribution >= 4 is 11.4 Å². The van der Waals surface area contributed by atoms with Crippen molar-refractivity contribution in [2.45, 2.75) is 51.5 Å². The molecule has 1 unspecified atom stereocenters. The molecule has 49 heavy (non-hydrogen) atoms. The predicted octanol–water partition coefficient (Wildman–Crippen LogP) is 5.32. The monoisotopic (exact) mass is 661 g/mol. The molecule has 11 heteroatoms. The summed E-state index contributed by atoms with van der Waals surface area (Å²) in [6.07, 6.45) is 6.21. The van der Waals surface area contributed by atoms with Crippen molar-refractivity contribution in [2.24, 2.45) is 0 Å². The minimum absolute atomic E-state index is 0.0717. The van der Waals surface area contributed by atoms with Crippen LogP contribution in [0.1, 0.15) is 43.0 Å². The number of ether oxygens (including phenoxy) is 3. The Morgan fingerprint density at radius 1 is 0.878 bits per heavy atom. The van der Waals surface area contributed by atoms with E-state index in [0.717, 1.165) is 60.9 Å². The van der Waals surface area contributed by atoms with Gasteiger partial charge in [0, 0.05) is 55.7 Å². The topological polar surface area (TPSA) is 99.8 Å². The predicted molar refractivity (Wildman–Crippen MR) is 189 cm³/mol. The maximum Gasteiger partial charge on any atom is 0.350 e. The van der Waals surface area contributed by atoms with E-state index >= 15 is 0 Å². The Bertz CT molecular complexity index is 1870. The number of hydrogen-bond acceptors (Lipinski definition) is 9. The van der Waals surface area contributed by atoms with E-state index in [4.69, 9.17) is 14.2 Å². The van der Waals surface area contributed by atoms with Gasteiger partial charge in [-0.25, -0.2) is 14.0 Å². The quantitative estimate of drug-likeness (QED) is 0.186. The highest BCUT2D eigenvalue weighted by Crippen LogP contribution is 2.38. The van der Waals surface area contributed by atoms with Crippen LogP contribution in [-0.2, 0) is 21.7 Å². The Kier molecular flexibility index (Phi) is 9.45. The lowest BCUT2D eigenvalue weighted by Crippen LogP contribution is -2.46. The first-order valence-electron chi connectivity index (χ1n) is 17.0. The lowest BCUT2D eigenvalue weighted by Gasteiger charge is -2.37. The lowest BCUT2D eigenvalue weighted by atomic mass is 9.98. The van der Waals surface area contributed by atoms with Gasteiger partial charge < -0.3 is 24.0 Å². The summed E-state index contributed by atoms with van der Waals surface area (Å²) in [5.74, 6) is -0.110. The summed E-state index contributed by atoms with van der Waals surface area (Å²) in [6, 6.07) is 26.8. The zero-order valence-electron chi connectivity index (χ0n) is 28.3. The molecule has 3 atom stereocenters. The Morgan fingerprint density at radius 3 is 2.16 bits per heavy atom. The molecule has 2 aliphatic rings. The number of aryl methyl sites for hydroxylation is 1. The van der Waals surface area contributed by atoms with Gasteiger partial charge >= 0.3 is 5.69 Å². The number of anilines is 2. The van der Waals surface area contributed by atoms with E-state index in [2.05, 4.69) is 87.5 Å². The minimum Gasteiger partial charge on any atom is -0.491 e. The van der Waals surface area contributed by atoms with Gasteiger partial charge in [0.25, 0.3) is 0 Å². The maximum atomic E-state index is 12.8. The maximum absolute atomic E-state index is 12.8. The van der Waals surface area contributed by atoms with E-state index in [1.807, 2.05) is 37.3 Å². The van der Waals surface area contributed by atoms with E-state index in [0.29, 0.717) is 19.6 Å². The Balaban J connectivity index is 0.920. The molecule has 0 saturated carbocycles. The molecule has 0 aliphatic carbocycles. The first kappa shape index (κ1) is 32.5. The van der Waals surface area contributed by atoms with Crippen molar-refractivity contribution in [3.8, 4) is 11.4 Å². The van der Waals surface area contributed by atoms with E-state index in [1.165, 1.54) is 11.3 Å². The minimum atomic E-state index is -0.907. The highest BCUT2D eigenvalue weighted by Gasteiger charge is 2.43. The van der Waals surface area contributed by atoms with Crippen LogP contribution in [0.4, 0.5) is 11.4 Å². The summed E-state index contributed by atoms with van der Waals surface area (Å²) in [6.45, 7) is 10.6. The molecular weight excluding hydrogens is 618 g/mol. The Labute approximate surface area is 286 Å². The smallest absolute Gasteiger partial charge is 0.350 e. The average Bonchev–Trinajstić information content (AvgIpc) is 3.75. The van der Waals surface area contributed by atoms with Crippen molar-refractivity contribution in [1.29, 1.82) is 0 Å². The third-order valence-corrected chi connectivity index (χ3v) is 9.55. The van der Waals surface area contributed by atoms with Gasteiger partial charge in [0.15, 0.2) is 5.79 Å². The molecule has 2 aliphatic heterocycles. The second kappa shape index (κ2) is 14.2. The molecule has 0 radical (unpaired) electrons. The van der Waals surface area contributed by atoms with Crippen LogP contribution in [0, 0.1) is 6.92 Å². The highest BCUT2D eigenvalue weighted by atomic mass is 16.8. The lowest BCUT2D eigenvalue weighted by molar-refractivity contribution is -0.178. The number of benzene rings is 3. The van der Waals surface area contributed by atoms with Crippen LogP contribution in [0.5, 0.6) is 5.75 Å². The van der Waals surface area contributed by atoms with Crippen LogP contribution < -0.4 is 20.2 Å². The fourth-order valence-corrected chi connectivity index (χ4v) is 6.45. The van der Waals surface area contributed by atoms with Gasteiger partial charge in [0.2, 0.25) is 0 Å². The molecule has 0 N–H and O–H groups in total. The molecule has 254 valence electrons. The fraction of sp³-hybridized carbons (Fsp3) is 0.368. The molecule has 2 fully saturated rings. The second-order valence-electron chi connectivity index (χ2n) is 12.9. The van der Waals surface area contributed by atoms with E-state index in [1.54, 1.807) is 28.0 Å². The first-order valence-corrected chi connectivity index (χ1v) is 17.0. The van der Waals surface area contributed by atoms with Gasteiger partial charge in [-0.2, -0.15) is 15.3 Å². The molecule has 2 aromatic heterocycles. The summed E-state index contributed by atoms with van der Waals surface area (Å²) in [5, 5.41) is 12.3. The van der Waals surface area contributed by atoms with Crippen LogP contribution in [0.15, 0.2) is 102 Å². The summed E-state index contributed by atoms with van der Waals surface area (Å²) < 4.78 is 22.3. The van der Waals surface area contributed by atoms with Gasteiger partial charge in [0.05, 0.1) is 24.5 Å². The van der Waals surface area contributed by atoms with Crippen molar-refractivity contribution < 1.29 is 14.2 Å². The van der Waals surface area contributed by atoms with E-state index in [-0.39, 0.29) is 17.8 Å².